The van der Waals surface area contributed by atoms with E-state index in [2.05, 4.69) is 11.9 Å². The van der Waals surface area contributed by atoms with Crippen LogP contribution in [-0.2, 0) is 9.59 Å². The van der Waals surface area contributed by atoms with Crippen LogP contribution in [-0.4, -0.2) is 80.7 Å². The first-order valence-corrected chi connectivity index (χ1v) is 12.2. The summed E-state index contributed by atoms with van der Waals surface area (Å²) in [6, 6.07) is 15.2. The highest BCUT2D eigenvalue weighted by Gasteiger charge is 2.21. The van der Waals surface area contributed by atoms with E-state index in [1.807, 2.05) is 60.4 Å². The number of ether oxygens (including phenoxy) is 3. The van der Waals surface area contributed by atoms with Crippen molar-refractivity contribution >= 4 is 17.9 Å². The zero-order valence-electron chi connectivity index (χ0n) is 20.9. The van der Waals surface area contributed by atoms with Crippen molar-refractivity contribution in [2.24, 2.45) is 0 Å². The number of hydrogen-bond acceptors (Lipinski definition) is 6. The highest BCUT2D eigenvalue weighted by atomic mass is 16.5. The Kier molecular flexibility index (Phi) is 10.9. The third kappa shape index (κ3) is 8.78. The number of carbonyl (C=O) groups is 2. The molecule has 1 aliphatic rings. The molecule has 0 saturated carbocycles. The normalized spacial score (nSPS) is 13.9. The van der Waals surface area contributed by atoms with Crippen molar-refractivity contribution in [3.05, 3.63) is 72.8 Å². The van der Waals surface area contributed by atoms with Crippen molar-refractivity contribution in [1.82, 2.24) is 15.1 Å². The van der Waals surface area contributed by atoms with Crippen molar-refractivity contribution in [3.63, 3.8) is 0 Å². The SMILES string of the molecule is C=CCNC(=O)CN1CCN(C(=O)C=Cc2ccc(OCCOc3ccccc3)c(OCC)c2)CC1. The Balaban J connectivity index is 1.47. The smallest absolute Gasteiger partial charge is 0.246 e. The van der Waals surface area contributed by atoms with E-state index in [-0.39, 0.29) is 11.8 Å². The van der Waals surface area contributed by atoms with Gasteiger partial charge in [-0.3, -0.25) is 14.5 Å². The lowest BCUT2D eigenvalue weighted by molar-refractivity contribution is -0.128. The van der Waals surface area contributed by atoms with Crippen molar-refractivity contribution in [1.29, 1.82) is 0 Å². The second-order valence-electron chi connectivity index (χ2n) is 8.18. The molecule has 2 aromatic rings. The summed E-state index contributed by atoms with van der Waals surface area (Å²) >= 11 is 0. The lowest BCUT2D eigenvalue weighted by atomic mass is 10.1. The van der Waals surface area contributed by atoms with E-state index in [1.165, 1.54) is 0 Å². The predicted octanol–water partition coefficient (Wildman–Crippen LogP) is 3.00. The lowest BCUT2D eigenvalue weighted by Crippen LogP contribution is -2.50. The van der Waals surface area contributed by atoms with Crippen LogP contribution in [0.1, 0.15) is 12.5 Å². The zero-order chi connectivity index (χ0) is 25.6. The van der Waals surface area contributed by atoms with Gasteiger partial charge in [-0.2, -0.15) is 0 Å². The van der Waals surface area contributed by atoms with Gasteiger partial charge < -0.3 is 24.4 Å². The van der Waals surface area contributed by atoms with Crippen LogP contribution in [0, 0.1) is 0 Å². The van der Waals surface area contributed by atoms with Crippen LogP contribution < -0.4 is 19.5 Å². The number of nitrogens with zero attached hydrogens (tertiary/aromatic N) is 2. The van der Waals surface area contributed by atoms with Crippen LogP contribution >= 0.6 is 0 Å². The van der Waals surface area contributed by atoms with Crippen molar-refractivity contribution < 1.29 is 23.8 Å². The number of rotatable bonds is 13. The molecule has 1 N–H and O–H groups in total. The monoisotopic (exact) mass is 493 g/mol. The Hall–Kier alpha value is -3.78. The van der Waals surface area contributed by atoms with E-state index in [0.717, 1.165) is 11.3 Å². The average Bonchev–Trinajstić information content (AvgIpc) is 2.90. The molecule has 1 heterocycles. The fourth-order valence-electron chi connectivity index (χ4n) is 3.69. The third-order valence-electron chi connectivity index (χ3n) is 5.53. The van der Waals surface area contributed by atoms with Crippen LogP contribution in [0.4, 0.5) is 0 Å². The molecule has 0 spiro atoms. The number of piperazine rings is 1. The van der Waals surface area contributed by atoms with E-state index in [1.54, 1.807) is 23.1 Å². The molecule has 8 nitrogen and oxygen atoms in total. The number of carbonyl (C=O) groups excluding carboxylic acids is 2. The quantitative estimate of drug-likeness (QED) is 0.263. The van der Waals surface area contributed by atoms with E-state index in [4.69, 9.17) is 14.2 Å². The number of hydrogen-bond donors (Lipinski definition) is 1. The lowest BCUT2D eigenvalue weighted by Gasteiger charge is -2.33. The highest BCUT2D eigenvalue weighted by Crippen LogP contribution is 2.29. The molecular formula is C28H35N3O5. The molecule has 1 fully saturated rings. The van der Waals surface area contributed by atoms with Gasteiger partial charge in [0.1, 0.15) is 19.0 Å². The van der Waals surface area contributed by atoms with Crippen LogP contribution in [0.5, 0.6) is 17.2 Å². The van der Waals surface area contributed by atoms with Crippen LogP contribution in [0.25, 0.3) is 6.08 Å². The van der Waals surface area contributed by atoms with Gasteiger partial charge in [0.15, 0.2) is 11.5 Å². The standard InChI is InChI=1S/C28H35N3O5/c1-3-14-29-27(32)22-30-15-17-31(18-16-30)28(33)13-11-23-10-12-25(26(21-23)34-4-2)36-20-19-35-24-8-6-5-7-9-24/h3,5-13,21H,1,4,14-20,22H2,2H3,(H,29,32). The Morgan fingerprint density at radius 1 is 0.972 bits per heavy atom. The van der Waals surface area contributed by atoms with Crippen molar-refractivity contribution in [3.8, 4) is 17.2 Å². The summed E-state index contributed by atoms with van der Waals surface area (Å²) in [4.78, 5) is 28.4. The van der Waals surface area contributed by atoms with Gasteiger partial charge in [0, 0.05) is 38.8 Å². The fourth-order valence-corrected chi connectivity index (χ4v) is 3.69. The Morgan fingerprint density at radius 3 is 2.44 bits per heavy atom. The highest BCUT2D eigenvalue weighted by molar-refractivity contribution is 5.92. The molecule has 3 rings (SSSR count). The summed E-state index contributed by atoms with van der Waals surface area (Å²) in [5, 5.41) is 2.77. The van der Waals surface area contributed by atoms with Crippen molar-refractivity contribution in [2.75, 3.05) is 59.1 Å². The average molecular weight is 494 g/mol. The minimum absolute atomic E-state index is 0.0316. The number of nitrogens with one attached hydrogen (secondary N) is 1. The minimum atomic E-state index is -0.0536. The molecule has 0 bridgehead atoms. The zero-order valence-corrected chi connectivity index (χ0v) is 20.9. The van der Waals surface area contributed by atoms with Gasteiger partial charge in [0.2, 0.25) is 11.8 Å². The maximum absolute atomic E-state index is 12.7. The number of amides is 2. The maximum Gasteiger partial charge on any atom is 0.246 e. The van der Waals surface area contributed by atoms with E-state index in [0.29, 0.717) is 70.6 Å². The molecule has 192 valence electrons. The molecule has 2 amide bonds. The number of benzene rings is 2. The largest absolute Gasteiger partial charge is 0.490 e. The number of para-hydroxylation sites is 1. The summed E-state index contributed by atoms with van der Waals surface area (Å²) in [6.07, 6.45) is 5.01. The Morgan fingerprint density at radius 2 is 1.72 bits per heavy atom. The summed E-state index contributed by atoms with van der Waals surface area (Å²) in [6.45, 7) is 10.1. The molecule has 0 aliphatic carbocycles. The van der Waals surface area contributed by atoms with Crippen LogP contribution in [0.3, 0.4) is 0 Å². The van der Waals surface area contributed by atoms with Gasteiger partial charge in [-0.05, 0) is 42.8 Å². The Labute approximate surface area is 213 Å². The molecule has 0 atom stereocenters. The molecule has 1 aliphatic heterocycles. The first-order chi connectivity index (χ1) is 17.6. The van der Waals surface area contributed by atoms with Gasteiger partial charge >= 0.3 is 0 Å². The predicted molar refractivity (Wildman–Crippen MR) is 140 cm³/mol. The van der Waals surface area contributed by atoms with Gasteiger partial charge in [-0.1, -0.05) is 30.3 Å². The van der Waals surface area contributed by atoms with Gasteiger partial charge in [-0.15, -0.1) is 6.58 Å². The molecule has 2 aromatic carbocycles. The van der Waals surface area contributed by atoms with Gasteiger partial charge in [0.05, 0.1) is 13.2 Å². The molecule has 36 heavy (non-hydrogen) atoms. The maximum atomic E-state index is 12.7. The first kappa shape index (κ1) is 26.8. The van der Waals surface area contributed by atoms with E-state index >= 15 is 0 Å². The second-order valence-corrected chi connectivity index (χ2v) is 8.18. The Bertz CT molecular complexity index is 1020. The third-order valence-corrected chi connectivity index (χ3v) is 5.53. The first-order valence-electron chi connectivity index (χ1n) is 12.2. The summed E-state index contributed by atoms with van der Waals surface area (Å²) in [5.74, 6) is 1.96. The molecular weight excluding hydrogens is 458 g/mol. The fraction of sp³-hybridized carbons (Fsp3) is 0.357. The molecule has 0 radical (unpaired) electrons. The minimum Gasteiger partial charge on any atom is -0.490 e. The molecule has 1 saturated heterocycles. The second kappa shape index (κ2) is 14.6. The molecule has 0 aromatic heterocycles. The van der Waals surface area contributed by atoms with Gasteiger partial charge in [0.25, 0.3) is 0 Å². The van der Waals surface area contributed by atoms with E-state index in [9.17, 15) is 9.59 Å². The van der Waals surface area contributed by atoms with E-state index < -0.39 is 0 Å². The summed E-state index contributed by atoms with van der Waals surface area (Å²) < 4.78 is 17.3. The van der Waals surface area contributed by atoms with Crippen molar-refractivity contribution in [2.45, 2.75) is 6.92 Å². The van der Waals surface area contributed by atoms with Gasteiger partial charge in [-0.25, -0.2) is 0 Å². The van der Waals surface area contributed by atoms with Crippen LogP contribution in [0.2, 0.25) is 0 Å². The molecule has 0 unspecified atom stereocenters. The van der Waals surface area contributed by atoms with Crippen LogP contribution in [0.15, 0.2) is 67.3 Å². The topological polar surface area (TPSA) is 80.3 Å². The summed E-state index contributed by atoms with van der Waals surface area (Å²) in [5.41, 5.74) is 0.845. The molecule has 8 heteroatoms. The summed E-state index contributed by atoms with van der Waals surface area (Å²) in [7, 11) is 0.